The summed E-state index contributed by atoms with van der Waals surface area (Å²) >= 11 is 0. The molecule has 34 heavy (non-hydrogen) atoms. The average molecular weight is 485 g/mol. The molecule has 0 radical (unpaired) electrons. The molecule has 2 rings (SSSR count). The summed E-state index contributed by atoms with van der Waals surface area (Å²) in [7, 11) is 1.61. The van der Waals surface area contributed by atoms with Crippen molar-refractivity contribution < 1.29 is 29.6 Å². The molecular formula is C26H48N2O6. The fourth-order valence-electron chi connectivity index (χ4n) is 5.92. The molecule has 8 nitrogen and oxygen atoms in total. The first-order valence-corrected chi connectivity index (χ1v) is 13.3. The highest BCUT2D eigenvalue weighted by Gasteiger charge is 2.38. The second-order valence-electron chi connectivity index (χ2n) is 10.7. The first-order valence-electron chi connectivity index (χ1n) is 13.3. The second-order valence-corrected chi connectivity index (χ2v) is 10.7. The minimum atomic E-state index is -1.56. The van der Waals surface area contributed by atoms with Gasteiger partial charge in [-0.2, -0.15) is 0 Å². The number of hydrogen-bond acceptors (Lipinski definition) is 8. The van der Waals surface area contributed by atoms with Gasteiger partial charge in [0.15, 0.2) is 17.7 Å². The molecule has 0 amide bonds. The van der Waals surface area contributed by atoms with Gasteiger partial charge in [-0.25, -0.2) is 0 Å². The van der Waals surface area contributed by atoms with Gasteiger partial charge in [-0.1, -0.05) is 13.3 Å². The average Bonchev–Trinajstić information content (AvgIpc) is 2.82. The van der Waals surface area contributed by atoms with Gasteiger partial charge in [0.2, 0.25) is 0 Å². The lowest BCUT2D eigenvalue weighted by Gasteiger charge is -2.41. The molecule has 1 aliphatic carbocycles. The van der Waals surface area contributed by atoms with E-state index >= 15 is 0 Å². The van der Waals surface area contributed by atoms with Crippen LogP contribution in [0.5, 0.6) is 0 Å². The fourth-order valence-corrected chi connectivity index (χ4v) is 5.92. The molecule has 0 aromatic rings. The van der Waals surface area contributed by atoms with Gasteiger partial charge < -0.3 is 31.1 Å². The van der Waals surface area contributed by atoms with Crippen LogP contribution in [0.3, 0.4) is 0 Å². The molecule has 6 unspecified atom stereocenters. The predicted octanol–water partition coefficient (Wildman–Crippen LogP) is 1.92. The van der Waals surface area contributed by atoms with Gasteiger partial charge in [0, 0.05) is 26.6 Å². The lowest BCUT2D eigenvalue weighted by atomic mass is 9.71. The SMILES string of the molecule is CCC[C@H](CO)CCCC(=O)[C@H](O)C(=O)CCC1CC(CC2CCNC(N)C2)C(O)C(OC)C1. The van der Waals surface area contributed by atoms with Crippen LogP contribution in [0.4, 0.5) is 0 Å². The number of rotatable bonds is 15. The monoisotopic (exact) mass is 484 g/mol. The quantitative estimate of drug-likeness (QED) is 0.222. The van der Waals surface area contributed by atoms with Crippen molar-refractivity contribution in [2.24, 2.45) is 29.4 Å². The van der Waals surface area contributed by atoms with Crippen molar-refractivity contribution >= 4 is 11.6 Å². The molecule has 2 fully saturated rings. The standard InChI is InChI=1S/C26H48N2O6/c1-3-5-17(16-29)6-4-7-21(30)26(33)22(31)9-8-18-12-20(25(32)23(14-18)34-2)13-19-10-11-28-24(27)15-19/h17-20,23-26,28-29,32-33H,3-16,27H2,1-2H3/t17-,18?,19?,20?,23?,24?,25?,26-/m0/s1. The van der Waals surface area contributed by atoms with Crippen LogP contribution in [-0.2, 0) is 14.3 Å². The summed E-state index contributed by atoms with van der Waals surface area (Å²) in [5, 5.41) is 33.7. The van der Waals surface area contributed by atoms with Crippen molar-refractivity contribution in [3.05, 3.63) is 0 Å². The smallest absolute Gasteiger partial charge is 0.170 e. The topological polar surface area (TPSA) is 142 Å². The number of nitrogens with one attached hydrogen (secondary N) is 1. The number of carbonyl (C=O) groups is 2. The van der Waals surface area contributed by atoms with Crippen molar-refractivity contribution in [3.63, 3.8) is 0 Å². The maximum absolute atomic E-state index is 12.5. The largest absolute Gasteiger partial charge is 0.396 e. The first-order chi connectivity index (χ1) is 16.3. The van der Waals surface area contributed by atoms with Gasteiger partial charge in [0.25, 0.3) is 0 Å². The Morgan fingerprint density at radius 2 is 1.85 bits per heavy atom. The molecule has 1 aliphatic heterocycles. The molecule has 1 heterocycles. The number of Topliss-reactive ketones (excluding diaryl/α,β-unsaturated/α-hetero) is 2. The number of aliphatic hydroxyl groups is 3. The Labute approximate surface area is 205 Å². The highest BCUT2D eigenvalue weighted by Crippen LogP contribution is 2.38. The Balaban J connectivity index is 1.80. The summed E-state index contributed by atoms with van der Waals surface area (Å²) in [6.07, 6.45) is 6.10. The van der Waals surface area contributed by atoms with E-state index in [1.54, 1.807) is 7.11 Å². The Kier molecular flexibility index (Phi) is 13.2. The highest BCUT2D eigenvalue weighted by molar-refractivity contribution is 6.04. The van der Waals surface area contributed by atoms with Crippen molar-refractivity contribution in [2.75, 3.05) is 20.3 Å². The summed E-state index contributed by atoms with van der Waals surface area (Å²) < 4.78 is 5.56. The molecule has 1 saturated carbocycles. The van der Waals surface area contributed by atoms with Crippen LogP contribution in [0.1, 0.15) is 84.0 Å². The molecule has 8 heteroatoms. The Bertz CT molecular complexity index is 618. The van der Waals surface area contributed by atoms with Gasteiger partial charge >= 0.3 is 0 Å². The van der Waals surface area contributed by atoms with E-state index in [4.69, 9.17) is 10.5 Å². The van der Waals surface area contributed by atoms with Crippen LogP contribution in [0.15, 0.2) is 0 Å². The predicted molar refractivity (Wildman–Crippen MR) is 131 cm³/mol. The molecule has 0 spiro atoms. The van der Waals surface area contributed by atoms with E-state index in [0.717, 1.165) is 51.5 Å². The molecule has 2 aliphatic rings. The van der Waals surface area contributed by atoms with Crippen molar-refractivity contribution in [3.8, 4) is 0 Å². The second kappa shape index (κ2) is 15.3. The zero-order valence-electron chi connectivity index (χ0n) is 21.2. The summed E-state index contributed by atoms with van der Waals surface area (Å²) in [5.74, 6) is 0.110. The van der Waals surface area contributed by atoms with Crippen LogP contribution in [0.25, 0.3) is 0 Å². The van der Waals surface area contributed by atoms with Crippen molar-refractivity contribution in [1.29, 1.82) is 0 Å². The third-order valence-electron chi connectivity index (χ3n) is 7.95. The number of ether oxygens (including phenoxy) is 1. The summed E-state index contributed by atoms with van der Waals surface area (Å²) in [4.78, 5) is 24.8. The van der Waals surface area contributed by atoms with E-state index in [0.29, 0.717) is 25.2 Å². The molecule has 198 valence electrons. The van der Waals surface area contributed by atoms with Crippen molar-refractivity contribution in [1.82, 2.24) is 5.32 Å². The van der Waals surface area contributed by atoms with Gasteiger partial charge in [-0.3, -0.25) is 9.59 Å². The van der Waals surface area contributed by atoms with Crippen LogP contribution in [0, 0.1) is 23.7 Å². The van der Waals surface area contributed by atoms with E-state index in [1.165, 1.54) is 0 Å². The van der Waals surface area contributed by atoms with Crippen LogP contribution >= 0.6 is 0 Å². The van der Waals surface area contributed by atoms with E-state index in [2.05, 4.69) is 12.2 Å². The lowest BCUT2D eigenvalue weighted by molar-refractivity contribution is -0.139. The number of piperidine rings is 1. The van der Waals surface area contributed by atoms with Crippen LogP contribution < -0.4 is 11.1 Å². The molecule has 8 atom stereocenters. The minimum absolute atomic E-state index is 0.00585. The summed E-state index contributed by atoms with van der Waals surface area (Å²) in [6.45, 7) is 3.06. The molecule has 1 saturated heterocycles. The lowest BCUT2D eigenvalue weighted by Crippen LogP contribution is -2.47. The number of hydrogen-bond donors (Lipinski definition) is 5. The highest BCUT2D eigenvalue weighted by atomic mass is 16.5. The maximum Gasteiger partial charge on any atom is 0.170 e. The molecular weight excluding hydrogens is 436 g/mol. The summed E-state index contributed by atoms with van der Waals surface area (Å²) in [5.41, 5.74) is 6.05. The molecule has 6 N–H and O–H groups in total. The van der Waals surface area contributed by atoms with E-state index in [1.807, 2.05) is 0 Å². The normalized spacial score (nSPS) is 31.7. The molecule has 0 aromatic carbocycles. The van der Waals surface area contributed by atoms with E-state index in [-0.39, 0.29) is 49.5 Å². The number of aliphatic hydroxyl groups excluding tert-OH is 3. The number of carbonyl (C=O) groups excluding carboxylic acids is 2. The third kappa shape index (κ3) is 9.28. The fraction of sp³-hybridized carbons (Fsp3) is 0.923. The zero-order valence-corrected chi connectivity index (χ0v) is 21.2. The molecule has 0 aromatic heterocycles. The van der Waals surface area contributed by atoms with Crippen LogP contribution in [0.2, 0.25) is 0 Å². The minimum Gasteiger partial charge on any atom is -0.396 e. The van der Waals surface area contributed by atoms with Gasteiger partial charge in [0.1, 0.15) is 0 Å². The Morgan fingerprint density at radius 3 is 2.50 bits per heavy atom. The van der Waals surface area contributed by atoms with Crippen molar-refractivity contribution in [2.45, 2.75) is 108 Å². The van der Waals surface area contributed by atoms with Gasteiger partial charge in [-0.05, 0) is 88.0 Å². The van der Waals surface area contributed by atoms with Crippen LogP contribution in [-0.4, -0.2) is 71.6 Å². The maximum atomic E-state index is 12.5. The Morgan fingerprint density at radius 1 is 1.12 bits per heavy atom. The van der Waals surface area contributed by atoms with Gasteiger partial charge in [0.05, 0.1) is 18.4 Å². The Hall–Kier alpha value is -0.900. The number of ketones is 2. The number of nitrogens with two attached hydrogens (primary N) is 1. The molecule has 0 bridgehead atoms. The zero-order chi connectivity index (χ0) is 25.1. The van der Waals surface area contributed by atoms with E-state index < -0.39 is 23.8 Å². The first kappa shape index (κ1) is 29.3. The number of methoxy groups -OCH3 is 1. The third-order valence-corrected chi connectivity index (χ3v) is 7.95. The summed E-state index contributed by atoms with van der Waals surface area (Å²) in [6, 6.07) is 0. The van der Waals surface area contributed by atoms with Gasteiger partial charge in [-0.15, -0.1) is 0 Å². The van der Waals surface area contributed by atoms with E-state index in [9.17, 15) is 24.9 Å².